The van der Waals surface area contributed by atoms with Crippen molar-refractivity contribution in [3.05, 3.63) is 59.1 Å². The molecular formula is C25H32ClN3O5S. The minimum Gasteiger partial charge on any atom is -0.497 e. The fourth-order valence-corrected chi connectivity index (χ4v) is 5.58. The first-order valence-corrected chi connectivity index (χ1v) is 13.4. The van der Waals surface area contributed by atoms with Crippen LogP contribution >= 0.6 is 11.6 Å². The lowest BCUT2D eigenvalue weighted by molar-refractivity contribution is -0.124. The molecule has 0 saturated carbocycles. The number of halogens is 1. The van der Waals surface area contributed by atoms with Gasteiger partial charge in [-0.25, -0.2) is 8.42 Å². The SMILES string of the molecule is COc1ccc(C(=O)N[C@H](C(=O)NCC(C)C)C2CCN(S(=O)(=O)c3ccc(Cl)cc3)CC2)cc1. The van der Waals surface area contributed by atoms with Gasteiger partial charge in [0.25, 0.3) is 5.91 Å². The largest absolute Gasteiger partial charge is 0.497 e. The van der Waals surface area contributed by atoms with Crippen molar-refractivity contribution in [2.24, 2.45) is 11.8 Å². The predicted molar refractivity (Wildman–Crippen MR) is 135 cm³/mol. The van der Waals surface area contributed by atoms with Crippen LogP contribution in [0.4, 0.5) is 0 Å². The van der Waals surface area contributed by atoms with Gasteiger partial charge in [0, 0.05) is 30.2 Å². The number of ether oxygens (including phenoxy) is 1. The van der Waals surface area contributed by atoms with Crippen molar-refractivity contribution in [2.75, 3.05) is 26.7 Å². The molecule has 35 heavy (non-hydrogen) atoms. The second-order valence-corrected chi connectivity index (χ2v) is 11.4. The molecule has 190 valence electrons. The van der Waals surface area contributed by atoms with Gasteiger partial charge in [-0.2, -0.15) is 4.31 Å². The number of benzene rings is 2. The first-order valence-electron chi connectivity index (χ1n) is 11.6. The molecular weight excluding hydrogens is 490 g/mol. The molecule has 1 saturated heterocycles. The molecule has 0 unspecified atom stereocenters. The van der Waals surface area contributed by atoms with Crippen LogP contribution in [0.25, 0.3) is 0 Å². The number of rotatable bonds is 9. The Labute approximate surface area is 212 Å². The van der Waals surface area contributed by atoms with Crippen LogP contribution in [0.5, 0.6) is 5.75 Å². The highest BCUT2D eigenvalue weighted by Gasteiger charge is 2.36. The summed E-state index contributed by atoms with van der Waals surface area (Å²) in [5.41, 5.74) is 0.412. The monoisotopic (exact) mass is 521 g/mol. The number of nitrogens with zero attached hydrogens (tertiary/aromatic N) is 1. The van der Waals surface area contributed by atoms with Crippen molar-refractivity contribution in [1.29, 1.82) is 0 Å². The Hall–Kier alpha value is -2.62. The third-order valence-electron chi connectivity index (χ3n) is 6.03. The summed E-state index contributed by atoms with van der Waals surface area (Å²) in [5, 5.41) is 6.25. The molecule has 0 bridgehead atoms. The van der Waals surface area contributed by atoms with E-state index in [1.54, 1.807) is 43.5 Å². The highest BCUT2D eigenvalue weighted by atomic mass is 35.5. The zero-order valence-corrected chi connectivity index (χ0v) is 21.7. The van der Waals surface area contributed by atoms with E-state index < -0.39 is 16.1 Å². The second-order valence-electron chi connectivity index (χ2n) is 9.01. The Morgan fingerprint density at radius 1 is 1.06 bits per heavy atom. The Bertz CT molecular complexity index is 1110. The van der Waals surface area contributed by atoms with E-state index in [0.717, 1.165) is 0 Å². The van der Waals surface area contributed by atoms with E-state index in [4.69, 9.17) is 16.3 Å². The van der Waals surface area contributed by atoms with Gasteiger partial charge in [-0.15, -0.1) is 0 Å². The Balaban J connectivity index is 1.72. The van der Waals surface area contributed by atoms with Crippen molar-refractivity contribution in [3.8, 4) is 5.75 Å². The zero-order valence-electron chi connectivity index (χ0n) is 20.2. The van der Waals surface area contributed by atoms with Gasteiger partial charge in [0.15, 0.2) is 0 Å². The lowest BCUT2D eigenvalue weighted by Gasteiger charge is -2.35. The highest BCUT2D eigenvalue weighted by Crippen LogP contribution is 2.27. The molecule has 3 rings (SSSR count). The lowest BCUT2D eigenvalue weighted by atomic mass is 9.89. The summed E-state index contributed by atoms with van der Waals surface area (Å²) in [7, 11) is -2.12. The summed E-state index contributed by atoms with van der Waals surface area (Å²) in [5.74, 6) is 0.0412. The molecule has 2 N–H and O–H groups in total. The number of methoxy groups -OCH3 is 1. The second kappa shape index (κ2) is 11.9. The van der Waals surface area contributed by atoms with Gasteiger partial charge in [-0.1, -0.05) is 25.4 Å². The summed E-state index contributed by atoms with van der Waals surface area (Å²) in [4.78, 5) is 26.2. The number of carbonyl (C=O) groups excluding carboxylic acids is 2. The molecule has 0 aliphatic carbocycles. The number of amides is 2. The highest BCUT2D eigenvalue weighted by molar-refractivity contribution is 7.89. The van der Waals surface area contributed by atoms with Gasteiger partial charge in [0.2, 0.25) is 15.9 Å². The Kier molecular flexibility index (Phi) is 9.15. The van der Waals surface area contributed by atoms with Gasteiger partial charge in [0.1, 0.15) is 11.8 Å². The van der Waals surface area contributed by atoms with Crippen molar-refractivity contribution in [3.63, 3.8) is 0 Å². The number of piperidine rings is 1. The van der Waals surface area contributed by atoms with Gasteiger partial charge >= 0.3 is 0 Å². The molecule has 0 aromatic heterocycles. The first-order chi connectivity index (χ1) is 16.6. The molecule has 1 heterocycles. The van der Waals surface area contributed by atoms with Gasteiger partial charge in [0.05, 0.1) is 12.0 Å². The first kappa shape index (κ1) is 27.0. The molecule has 0 radical (unpaired) electrons. The maximum absolute atomic E-state index is 13.1. The number of hydrogen-bond acceptors (Lipinski definition) is 5. The van der Waals surface area contributed by atoms with Crippen LogP contribution in [-0.2, 0) is 14.8 Å². The summed E-state index contributed by atoms with van der Waals surface area (Å²) in [6, 6.07) is 11.9. The maximum atomic E-state index is 13.1. The van der Waals surface area contributed by atoms with Crippen molar-refractivity contribution < 1.29 is 22.7 Å². The number of nitrogens with one attached hydrogen (secondary N) is 2. The normalized spacial score (nSPS) is 16.0. The molecule has 0 spiro atoms. The molecule has 8 nitrogen and oxygen atoms in total. The topological polar surface area (TPSA) is 105 Å². The van der Waals surface area contributed by atoms with Crippen LogP contribution in [0.2, 0.25) is 5.02 Å². The summed E-state index contributed by atoms with van der Waals surface area (Å²) < 4.78 is 32.6. The van der Waals surface area contributed by atoms with Crippen LogP contribution < -0.4 is 15.4 Å². The molecule has 1 atom stereocenters. The minimum absolute atomic E-state index is 0.180. The summed E-state index contributed by atoms with van der Waals surface area (Å²) in [6.45, 7) is 4.97. The van der Waals surface area contributed by atoms with Crippen LogP contribution in [0.1, 0.15) is 37.0 Å². The van der Waals surface area contributed by atoms with E-state index in [1.165, 1.54) is 16.4 Å². The van der Waals surface area contributed by atoms with Gasteiger partial charge in [-0.05, 0) is 73.2 Å². The average molecular weight is 522 g/mol. The molecule has 1 aliphatic heterocycles. The zero-order chi connectivity index (χ0) is 25.6. The molecule has 2 aromatic carbocycles. The van der Waals surface area contributed by atoms with E-state index >= 15 is 0 Å². The molecule has 1 fully saturated rings. The van der Waals surface area contributed by atoms with Gasteiger partial charge < -0.3 is 15.4 Å². The average Bonchev–Trinajstić information content (AvgIpc) is 2.86. The standard InChI is InChI=1S/C25H32ClN3O5S/c1-17(2)16-27-25(31)23(28-24(30)19-4-8-21(34-3)9-5-19)18-12-14-29(15-13-18)35(32,33)22-10-6-20(26)7-11-22/h4-11,17-18,23H,12-16H2,1-3H3,(H,27,31)(H,28,30)/t23-/m0/s1. The Morgan fingerprint density at radius 3 is 2.20 bits per heavy atom. The molecule has 1 aliphatic rings. The van der Waals surface area contributed by atoms with Crippen LogP contribution in [-0.4, -0.2) is 57.3 Å². The minimum atomic E-state index is -3.67. The van der Waals surface area contributed by atoms with E-state index in [0.29, 0.717) is 35.7 Å². The summed E-state index contributed by atoms with van der Waals surface area (Å²) in [6.07, 6.45) is 0.880. The van der Waals surface area contributed by atoms with Crippen molar-refractivity contribution in [1.82, 2.24) is 14.9 Å². The smallest absolute Gasteiger partial charge is 0.251 e. The third-order valence-corrected chi connectivity index (χ3v) is 8.19. The quantitative estimate of drug-likeness (QED) is 0.526. The van der Waals surface area contributed by atoms with Crippen LogP contribution in [0.3, 0.4) is 0 Å². The summed E-state index contributed by atoms with van der Waals surface area (Å²) >= 11 is 5.89. The van der Waals surface area contributed by atoms with Crippen molar-refractivity contribution >= 4 is 33.4 Å². The Morgan fingerprint density at radius 2 is 1.66 bits per heavy atom. The molecule has 2 amide bonds. The van der Waals surface area contributed by atoms with E-state index in [9.17, 15) is 18.0 Å². The van der Waals surface area contributed by atoms with E-state index in [2.05, 4.69) is 10.6 Å². The third kappa shape index (κ3) is 6.96. The fraction of sp³-hybridized carbons (Fsp3) is 0.440. The maximum Gasteiger partial charge on any atom is 0.251 e. The number of carbonyl (C=O) groups is 2. The molecule has 2 aromatic rings. The van der Waals surface area contributed by atoms with Crippen LogP contribution in [0.15, 0.2) is 53.4 Å². The van der Waals surface area contributed by atoms with Crippen LogP contribution in [0, 0.1) is 11.8 Å². The van der Waals surface area contributed by atoms with Gasteiger partial charge in [-0.3, -0.25) is 9.59 Å². The van der Waals surface area contributed by atoms with E-state index in [-0.39, 0.29) is 41.6 Å². The number of sulfonamides is 1. The lowest BCUT2D eigenvalue weighted by Crippen LogP contribution is -2.54. The fourth-order valence-electron chi connectivity index (χ4n) is 3.98. The predicted octanol–water partition coefficient (Wildman–Crippen LogP) is 3.32. The molecule has 10 heteroatoms. The number of hydrogen-bond donors (Lipinski definition) is 2. The van der Waals surface area contributed by atoms with Crippen molar-refractivity contribution in [2.45, 2.75) is 37.6 Å². The van der Waals surface area contributed by atoms with E-state index in [1.807, 2.05) is 13.8 Å².